The van der Waals surface area contributed by atoms with E-state index in [4.69, 9.17) is 10.5 Å². The highest BCUT2D eigenvalue weighted by atomic mass is 127. The number of guanidine groups is 1. The van der Waals surface area contributed by atoms with E-state index in [1.807, 2.05) is 0 Å². The van der Waals surface area contributed by atoms with Gasteiger partial charge in [0.05, 0.1) is 13.7 Å². The van der Waals surface area contributed by atoms with Crippen LogP contribution in [0, 0.1) is 0 Å². The lowest BCUT2D eigenvalue weighted by Gasteiger charge is -2.09. The molecular formula is C19H22F3IN4O3. The summed E-state index contributed by atoms with van der Waals surface area (Å²) in [5.41, 5.74) is 6.90. The van der Waals surface area contributed by atoms with Crippen molar-refractivity contribution >= 4 is 35.8 Å². The topological polar surface area (TPSA) is 98.0 Å². The van der Waals surface area contributed by atoms with Gasteiger partial charge in [-0.3, -0.25) is 4.79 Å². The number of carbonyl (C=O) groups is 1. The van der Waals surface area contributed by atoms with Gasteiger partial charge in [-0.2, -0.15) is 0 Å². The Labute approximate surface area is 188 Å². The Morgan fingerprint density at radius 2 is 1.57 bits per heavy atom. The maximum atomic E-state index is 12.1. The molecule has 7 nitrogen and oxygen atoms in total. The van der Waals surface area contributed by atoms with E-state index in [9.17, 15) is 18.0 Å². The summed E-state index contributed by atoms with van der Waals surface area (Å²) in [6.45, 7) is 0.865. The molecule has 0 aliphatic heterocycles. The summed E-state index contributed by atoms with van der Waals surface area (Å²) in [7, 11) is 1.55. The van der Waals surface area contributed by atoms with Crippen molar-refractivity contribution < 1.29 is 27.4 Å². The normalized spacial score (nSPS) is 11.3. The Bertz CT molecular complexity index is 828. The van der Waals surface area contributed by atoms with Crippen molar-refractivity contribution in [2.75, 3.05) is 20.2 Å². The largest absolute Gasteiger partial charge is 0.573 e. The number of benzene rings is 2. The third kappa shape index (κ3) is 9.20. The molecule has 1 amide bonds. The molecule has 0 heterocycles. The standard InChI is InChI=1S/C19H21F3N4O3.HI/c1-28-15-8-4-14(5-9-15)17(27)24-10-11-25-18(23)26-12-13-2-6-16(7-3-13)29-19(20,21)22;/h2-9H,10-12H2,1H3,(H,24,27)(H3,23,25,26);1H. The van der Waals surface area contributed by atoms with E-state index in [0.29, 0.717) is 30.0 Å². The number of alkyl halides is 3. The van der Waals surface area contributed by atoms with E-state index < -0.39 is 6.36 Å². The lowest BCUT2D eigenvalue weighted by molar-refractivity contribution is -0.274. The monoisotopic (exact) mass is 538 g/mol. The lowest BCUT2D eigenvalue weighted by Crippen LogP contribution is -2.38. The quantitative estimate of drug-likeness (QED) is 0.208. The zero-order valence-electron chi connectivity index (χ0n) is 16.0. The molecule has 30 heavy (non-hydrogen) atoms. The first-order valence-corrected chi connectivity index (χ1v) is 8.57. The number of hydrogen-bond donors (Lipinski definition) is 3. The summed E-state index contributed by atoms with van der Waals surface area (Å²) >= 11 is 0. The van der Waals surface area contributed by atoms with Crippen LogP contribution in [0.1, 0.15) is 15.9 Å². The predicted octanol–water partition coefficient (Wildman–Crippen LogP) is 3.05. The molecule has 2 aromatic rings. The number of nitrogens with one attached hydrogen (secondary N) is 2. The molecule has 0 bridgehead atoms. The van der Waals surface area contributed by atoms with Crippen LogP contribution in [-0.4, -0.2) is 38.4 Å². The van der Waals surface area contributed by atoms with Crippen molar-refractivity contribution in [3.63, 3.8) is 0 Å². The zero-order chi connectivity index (χ0) is 21.3. The summed E-state index contributed by atoms with van der Waals surface area (Å²) < 4.78 is 45.2. The number of methoxy groups -OCH3 is 1. The molecule has 0 radical (unpaired) electrons. The van der Waals surface area contributed by atoms with Crippen molar-refractivity contribution in [3.05, 3.63) is 59.7 Å². The van der Waals surface area contributed by atoms with Crippen LogP contribution in [0.4, 0.5) is 13.2 Å². The van der Waals surface area contributed by atoms with Gasteiger partial charge in [0.25, 0.3) is 5.91 Å². The van der Waals surface area contributed by atoms with Crippen LogP contribution in [0.5, 0.6) is 11.5 Å². The molecule has 0 saturated carbocycles. The van der Waals surface area contributed by atoms with Gasteiger partial charge >= 0.3 is 6.36 Å². The van der Waals surface area contributed by atoms with Gasteiger partial charge < -0.3 is 25.8 Å². The minimum atomic E-state index is -4.73. The molecule has 11 heteroatoms. The molecule has 0 atom stereocenters. The Hall–Kier alpha value is -2.70. The Kier molecular flexibility index (Phi) is 10.2. The maximum absolute atomic E-state index is 12.1. The van der Waals surface area contributed by atoms with Crippen LogP contribution in [0.15, 0.2) is 53.5 Å². The predicted molar refractivity (Wildman–Crippen MR) is 117 cm³/mol. The molecular weight excluding hydrogens is 516 g/mol. The second-order valence-corrected chi connectivity index (χ2v) is 5.80. The van der Waals surface area contributed by atoms with Gasteiger partial charge in [0.2, 0.25) is 0 Å². The van der Waals surface area contributed by atoms with Crippen LogP contribution in [0.2, 0.25) is 0 Å². The molecule has 164 valence electrons. The highest BCUT2D eigenvalue weighted by Crippen LogP contribution is 2.22. The first kappa shape index (κ1) is 25.3. The summed E-state index contributed by atoms with van der Waals surface area (Å²) in [6, 6.07) is 12.0. The molecule has 0 saturated heterocycles. The van der Waals surface area contributed by atoms with Crippen molar-refractivity contribution in [2.45, 2.75) is 12.9 Å². The summed E-state index contributed by atoms with van der Waals surface area (Å²) in [5.74, 6) is 0.282. The van der Waals surface area contributed by atoms with E-state index in [-0.39, 0.29) is 48.1 Å². The van der Waals surface area contributed by atoms with E-state index in [1.54, 1.807) is 31.4 Å². The minimum absolute atomic E-state index is 0. The van der Waals surface area contributed by atoms with E-state index in [2.05, 4.69) is 20.4 Å². The first-order valence-electron chi connectivity index (χ1n) is 8.57. The average Bonchev–Trinajstić information content (AvgIpc) is 2.69. The fourth-order valence-corrected chi connectivity index (χ4v) is 2.24. The average molecular weight is 538 g/mol. The van der Waals surface area contributed by atoms with E-state index >= 15 is 0 Å². The van der Waals surface area contributed by atoms with Crippen LogP contribution in [0.25, 0.3) is 0 Å². The van der Waals surface area contributed by atoms with Gasteiger partial charge in [0, 0.05) is 18.7 Å². The third-order valence-electron chi connectivity index (χ3n) is 3.66. The van der Waals surface area contributed by atoms with Crippen molar-refractivity contribution in [2.24, 2.45) is 10.7 Å². The molecule has 0 unspecified atom stereocenters. The molecule has 4 N–H and O–H groups in total. The van der Waals surface area contributed by atoms with Gasteiger partial charge in [-0.15, -0.1) is 37.1 Å². The van der Waals surface area contributed by atoms with Crippen molar-refractivity contribution in [3.8, 4) is 11.5 Å². The number of rotatable bonds is 8. The van der Waals surface area contributed by atoms with Crippen LogP contribution in [-0.2, 0) is 6.54 Å². The molecule has 2 aromatic carbocycles. The van der Waals surface area contributed by atoms with Gasteiger partial charge in [0.15, 0.2) is 5.96 Å². The fourth-order valence-electron chi connectivity index (χ4n) is 2.24. The molecule has 0 spiro atoms. The fraction of sp³-hybridized carbons (Fsp3) is 0.263. The van der Waals surface area contributed by atoms with Crippen LogP contribution in [0.3, 0.4) is 0 Å². The number of hydrogen-bond acceptors (Lipinski definition) is 4. The third-order valence-corrected chi connectivity index (χ3v) is 3.66. The highest BCUT2D eigenvalue weighted by Gasteiger charge is 2.30. The number of carbonyl (C=O) groups excluding carboxylic acids is 1. The molecule has 0 aliphatic rings. The van der Waals surface area contributed by atoms with Crippen LogP contribution < -0.4 is 25.8 Å². The molecule has 0 aliphatic carbocycles. The number of nitrogens with two attached hydrogens (primary N) is 1. The first-order chi connectivity index (χ1) is 13.8. The second kappa shape index (κ2) is 12.1. The summed E-state index contributed by atoms with van der Waals surface area (Å²) in [4.78, 5) is 16.1. The highest BCUT2D eigenvalue weighted by molar-refractivity contribution is 14.0. The molecule has 2 rings (SSSR count). The van der Waals surface area contributed by atoms with E-state index in [1.165, 1.54) is 24.3 Å². The van der Waals surface area contributed by atoms with Crippen molar-refractivity contribution in [1.29, 1.82) is 0 Å². The second-order valence-electron chi connectivity index (χ2n) is 5.80. The lowest BCUT2D eigenvalue weighted by atomic mass is 10.2. The number of aliphatic imine (C=N–C) groups is 1. The SMILES string of the molecule is COc1ccc(C(=O)NCCNC(N)=NCc2ccc(OC(F)(F)F)cc2)cc1.I. The van der Waals surface area contributed by atoms with Gasteiger partial charge in [0.1, 0.15) is 11.5 Å². The Morgan fingerprint density at radius 3 is 2.13 bits per heavy atom. The number of ether oxygens (including phenoxy) is 2. The smallest absolute Gasteiger partial charge is 0.497 e. The Morgan fingerprint density at radius 1 is 1.00 bits per heavy atom. The van der Waals surface area contributed by atoms with Crippen molar-refractivity contribution in [1.82, 2.24) is 10.6 Å². The van der Waals surface area contributed by atoms with Crippen LogP contribution >= 0.6 is 24.0 Å². The minimum Gasteiger partial charge on any atom is -0.497 e. The van der Waals surface area contributed by atoms with Gasteiger partial charge in [-0.1, -0.05) is 12.1 Å². The molecule has 0 fully saturated rings. The summed E-state index contributed by atoms with van der Waals surface area (Å²) in [5, 5.41) is 5.57. The Balaban J connectivity index is 0.00000450. The molecule has 0 aromatic heterocycles. The zero-order valence-corrected chi connectivity index (χ0v) is 18.4. The summed E-state index contributed by atoms with van der Waals surface area (Å²) in [6.07, 6.45) is -4.73. The number of amides is 1. The van der Waals surface area contributed by atoms with E-state index in [0.717, 1.165) is 0 Å². The number of nitrogens with zero attached hydrogens (tertiary/aromatic N) is 1. The maximum Gasteiger partial charge on any atom is 0.573 e. The van der Waals surface area contributed by atoms with Gasteiger partial charge in [-0.25, -0.2) is 4.99 Å². The number of halogens is 4. The van der Waals surface area contributed by atoms with Gasteiger partial charge in [-0.05, 0) is 42.0 Å².